The molecule has 1 fully saturated rings. The lowest BCUT2D eigenvalue weighted by atomic mass is 10.2. The zero-order valence-electron chi connectivity index (χ0n) is 9.44. The zero-order valence-corrected chi connectivity index (χ0v) is 11.0. The highest BCUT2D eigenvalue weighted by Crippen LogP contribution is 2.24. The zero-order chi connectivity index (χ0) is 13.1. The van der Waals surface area contributed by atoms with Gasteiger partial charge >= 0.3 is 5.97 Å². The van der Waals surface area contributed by atoms with E-state index in [1.807, 2.05) is 0 Å². The van der Waals surface area contributed by atoms with Gasteiger partial charge in [-0.2, -0.15) is 0 Å². The van der Waals surface area contributed by atoms with Crippen LogP contribution in [0.2, 0.25) is 0 Å². The fourth-order valence-corrected chi connectivity index (χ4v) is 2.12. The van der Waals surface area contributed by atoms with E-state index in [1.54, 1.807) is 0 Å². The lowest BCUT2D eigenvalue weighted by molar-refractivity contribution is -0.149. The Hall–Kier alpha value is -1.14. The number of carboxylic acids is 1. The molecule has 0 spiro atoms. The minimum absolute atomic E-state index is 0.227. The molecule has 2 atom stereocenters. The van der Waals surface area contributed by atoms with Crippen molar-refractivity contribution in [2.24, 2.45) is 0 Å². The summed E-state index contributed by atoms with van der Waals surface area (Å²) in [6.07, 6.45) is 0.184. The van der Waals surface area contributed by atoms with E-state index in [4.69, 9.17) is 14.6 Å². The highest BCUT2D eigenvalue weighted by Gasteiger charge is 2.30. The van der Waals surface area contributed by atoms with Crippen LogP contribution >= 0.6 is 15.9 Å². The normalized spacial score (nSPS) is 23.0. The average molecular weight is 319 g/mol. The van der Waals surface area contributed by atoms with E-state index in [2.05, 4.69) is 15.9 Å². The summed E-state index contributed by atoms with van der Waals surface area (Å²) in [5.74, 6) is -0.780. The van der Waals surface area contributed by atoms with Crippen LogP contribution in [-0.4, -0.2) is 29.9 Å². The molecule has 2 unspecified atom stereocenters. The first kappa shape index (κ1) is 13.3. The first-order chi connectivity index (χ1) is 8.56. The Bertz CT molecular complexity index is 452. The fourth-order valence-electron chi connectivity index (χ4n) is 1.77. The molecule has 4 nitrogen and oxygen atoms in total. The first-order valence-electron chi connectivity index (χ1n) is 5.52. The Kier molecular flexibility index (Phi) is 4.19. The van der Waals surface area contributed by atoms with Gasteiger partial charge in [-0.15, -0.1) is 0 Å². The van der Waals surface area contributed by atoms with E-state index < -0.39 is 12.1 Å². The van der Waals surface area contributed by atoms with Crippen LogP contribution in [0.5, 0.6) is 5.75 Å². The number of halogens is 2. The van der Waals surface area contributed by atoms with Gasteiger partial charge < -0.3 is 14.6 Å². The van der Waals surface area contributed by atoms with Crippen molar-refractivity contribution >= 4 is 21.9 Å². The van der Waals surface area contributed by atoms with Crippen LogP contribution in [0.1, 0.15) is 12.8 Å². The molecule has 0 aromatic heterocycles. The van der Waals surface area contributed by atoms with Crippen LogP contribution in [0.4, 0.5) is 4.39 Å². The maximum atomic E-state index is 13.0. The molecule has 1 aliphatic heterocycles. The Labute approximate surface area is 112 Å². The molecule has 0 radical (unpaired) electrons. The van der Waals surface area contributed by atoms with E-state index >= 15 is 0 Å². The van der Waals surface area contributed by atoms with E-state index in [-0.39, 0.29) is 18.5 Å². The molecular formula is C12H12BrFO4. The molecule has 1 N–H and O–H groups in total. The van der Waals surface area contributed by atoms with Gasteiger partial charge in [-0.05, 0) is 47.0 Å². The molecule has 0 bridgehead atoms. The van der Waals surface area contributed by atoms with Crippen LogP contribution in [0.3, 0.4) is 0 Å². The molecule has 1 saturated heterocycles. The number of carboxylic acid groups (broad SMARTS) is 1. The van der Waals surface area contributed by atoms with Crippen molar-refractivity contribution in [1.29, 1.82) is 0 Å². The molecule has 1 heterocycles. The second-order valence-electron chi connectivity index (χ2n) is 4.05. The molecule has 1 aromatic rings. The van der Waals surface area contributed by atoms with E-state index in [0.717, 1.165) is 0 Å². The Balaban J connectivity index is 1.85. The Morgan fingerprint density at radius 3 is 2.94 bits per heavy atom. The Morgan fingerprint density at radius 2 is 2.33 bits per heavy atom. The maximum Gasteiger partial charge on any atom is 0.332 e. The van der Waals surface area contributed by atoms with Gasteiger partial charge in [0.1, 0.15) is 18.2 Å². The summed E-state index contributed by atoms with van der Waals surface area (Å²) in [7, 11) is 0. The van der Waals surface area contributed by atoms with Crippen molar-refractivity contribution in [3.63, 3.8) is 0 Å². The lowest BCUT2D eigenvalue weighted by Gasteiger charge is -2.13. The third-order valence-corrected chi connectivity index (χ3v) is 3.32. The molecule has 98 valence electrons. The van der Waals surface area contributed by atoms with E-state index in [9.17, 15) is 9.18 Å². The number of carbonyl (C=O) groups is 1. The average Bonchev–Trinajstić information content (AvgIpc) is 2.79. The first-order valence-corrected chi connectivity index (χ1v) is 6.31. The highest BCUT2D eigenvalue weighted by molar-refractivity contribution is 9.10. The van der Waals surface area contributed by atoms with Crippen LogP contribution in [0.25, 0.3) is 0 Å². The second kappa shape index (κ2) is 5.67. The summed E-state index contributed by atoms with van der Waals surface area (Å²) in [5.41, 5.74) is 0. The predicted molar refractivity (Wildman–Crippen MR) is 65.1 cm³/mol. The van der Waals surface area contributed by atoms with Crippen molar-refractivity contribution in [1.82, 2.24) is 0 Å². The van der Waals surface area contributed by atoms with Gasteiger partial charge in [0.15, 0.2) is 6.10 Å². The number of rotatable bonds is 4. The summed E-state index contributed by atoms with van der Waals surface area (Å²) < 4.78 is 24.0. The molecule has 1 aliphatic rings. The fraction of sp³-hybridized carbons (Fsp3) is 0.417. The van der Waals surface area contributed by atoms with E-state index in [0.29, 0.717) is 23.1 Å². The molecule has 0 saturated carbocycles. The van der Waals surface area contributed by atoms with Gasteiger partial charge in [0.05, 0.1) is 10.6 Å². The summed E-state index contributed by atoms with van der Waals surface area (Å²) in [6.45, 7) is 0.266. The molecule has 0 amide bonds. The van der Waals surface area contributed by atoms with Crippen LogP contribution in [0.15, 0.2) is 22.7 Å². The topological polar surface area (TPSA) is 55.8 Å². The number of hydrogen-bond acceptors (Lipinski definition) is 3. The number of ether oxygens (including phenoxy) is 2. The standard InChI is InChI=1S/C12H12BrFO4/c13-9-5-7(1-3-10(9)14)17-6-8-2-4-11(18-8)12(15)16/h1,3,5,8,11H,2,4,6H2,(H,15,16). The van der Waals surface area contributed by atoms with Gasteiger partial charge in [0.25, 0.3) is 0 Å². The second-order valence-corrected chi connectivity index (χ2v) is 4.90. The summed E-state index contributed by atoms with van der Waals surface area (Å²) >= 11 is 3.06. The minimum Gasteiger partial charge on any atom is -0.491 e. The molecule has 6 heteroatoms. The quantitative estimate of drug-likeness (QED) is 0.927. The smallest absolute Gasteiger partial charge is 0.332 e. The summed E-state index contributed by atoms with van der Waals surface area (Å²) in [4.78, 5) is 10.7. The van der Waals surface area contributed by atoms with E-state index in [1.165, 1.54) is 18.2 Å². The third kappa shape index (κ3) is 3.20. The summed E-state index contributed by atoms with van der Waals surface area (Å²) in [6, 6.07) is 4.34. The van der Waals surface area contributed by atoms with Crippen molar-refractivity contribution in [3.8, 4) is 5.75 Å². The van der Waals surface area contributed by atoms with Crippen molar-refractivity contribution in [2.75, 3.05) is 6.61 Å². The van der Waals surface area contributed by atoms with Crippen LogP contribution < -0.4 is 4.74 Å². The van der Waals surface area contributed by atoms with Gasteiger partial charge in [-0.3, -0.25) is 0 Å². The molecule has 2 rings (SSSR count). The third-order valence-electron chi connectivity index (χ3n) is 2.71. The van der Waals surface area contributed by atoms with Crippen LogP contribution in [0, 0.1) is 5.82 Å². The van der Waals surface area contributed by atoms with Crippen molar-refractivity contribution in [2.45, 2.75) is 25.0 Å². The highest BCUT2D eigenvalue weighted by atomic mass is 79.9. The van der Waals surface area contributed by atoms with Crippen molar-refractivity contribution < 1.29 is 23.8 Å². The van der Waals surface area contributed by atoms with Gasteiger partial charge in [0.2, 0.25) is 0 Å². The molecule has 0 aliphatic carbocycles. The Morgan fingerprint density at radius 1 is 1.56 bits per heavy atom. The van der Waals surface area contributed by atoms with Gasteiger partial charge in [-0.1, -0.05) is 0 Å². The monoisotopic (exact) mass is 318 g/mol. The molecular weight excluding hydrogens is 307 g/mol. The van der Waals surface area contributed by atoms with Crippen molar-refractivity contribution in [3.05, 3.63) is 28.5 Å². The maximum absolute atomic E-state index is 13.0. The number of benzene rings is 1. The van der Waals surface area contributed by atoms with Gasteiger partial charge in [0, 0.05) is 0 Å². The number of aliphatic carboxylic acids is 1. The predicted octanol–water partition coefficient (Wildman–Crippen LogP) is 2.60. The molecule has 18 heavy (non-hydrogen) atoms. The van der Waals surface area contributed by atoms with Gasteiger partial charge in [-0.25, -0.2) is 9.18 Å². The minimum atomic E-state index is -0.943. The number of hydrogen-bond donors (Lipinski definition) is 1. The largest absolute Gasteiger partial charge is 0.491 e. The molecule has 1 aromatic carbocycles. The SMILES string of the molecule is O=C(O)C1CCC(COc2ccc(F)c(Br)c2)O1. The lowest BCUT2D eigenvalue weighted by Crippen LogP contribution is -2.23. The van der Waals surface area contributed by atoms with Crippen LogP contribution in [-0.2, 0) is 9.53 Å². The summed E-state index contributed by atoms with van der Waals surface area (Å²) in [5, 5.41) is 8.77.